The SMILES string of the molecule is CCOC1CC(N)(C(=O)NCCc2ccccn2)C1(C)C. The Hall–Kier alpha value is -1.46. The molecule has 0 radical (unpaired) electrons. The van der Waals surface area contributed by atoms with Crippen molar-refractivity contribution in [3.63, 3.8) is 0 Å². The lowest BCUT2D eigenvalue weighted by molar-refractivity contribution is -0.170. The molecule has 116 valence electrons. The van der Waals surface area contributed by atoms with Gasteiger partial charge in [0, 0.05) is 43.3 Å². The highest BCUT2D eigenvalue weighted by Crippen LogP contribution is 2.49. The van der Waals surface area contributed by atoms with Gasteiger partial charge in [-0.15, -0.1) is 0 Å². The second-order valence-electron chi connectivity index (χ2n) is 6.17. The molecule has 1 aliphatic carbocycles. The van der Waals surface area contributed by atoms with E-state index in [-0.39, 0.29) is 17.4 Å². The molecule has 1 aromatic heterocycles. The molecular formula is C16H25N3O2. The molecule has 1 fully saturated rings. The molecule has 5 nitrogen and oxygen atoms in total. The number of ether oxygens (including phenoxy) is 1. The molecule has 2 rings (SSSR count). The number of rotatable bonds is 6. The molecule has 2 unspecified atom stereocenters. The van der Waals surface area contributed by atoms with Gasteiger partial charge in [0.25, 0.3) is 0 Å². The predicted molar refractivity (Wildman–Crippen MR) is 81.7 cm³/mol. The topological polar surface area (TPSA) is 77.2 Å². The van der Waals surface area contributed by atoms with Gasteiger partial charge in [-0.1, -0.05) is 19.9 Å². The predicted octanol–water partition coefficient (Wildman–Crippen LogP) is 1.27. The lowest BCUT2D eigenvalue weighted by Gasteiger charge is -2.57. The van der Waals surface area contributed by atoms with E-state index in [9.17, 15) is 4.79 Å². The number of hydrogen-bond acceptors (Lipinski definition) is 4. The maximum atomic E-state index is 12.4. The number of nitrogens with zero attached hydrogens (tertiary/aromatic N) is 1. The Balaban J connectivity index is 1.86. The molecule has 3 N–H and O–H groups in total. The molecule has 0 bridgehead atoms. The molecule has 0 saturated heterocycles. The quantitative estimate of drug-likeness (QED) is 0.827. The largest absolute Gasteiger partial charge is 0.378 e. The number of aromatic nitrogens is 1. The van der Waals surface area contributed by atoms with Crippen LogP contribution in [0.25, 0.3) is 0 Å². The van der Waals surface area contributed by atoms with Gasteiger partial charge in [-0.05, 0) is 19.1 Å². The number of carbonyl (C=O) groups excluding carboxylic acids is 1. The molecule has 1 amide bonds. The van der Waals surface area contributed by atoms with Crippen molar-refractivity contribution in [2.24, 2.45) is 11.1 Å². The third-order valence-electron chi connectivity index (χ3n) is 4.63. The molecule has 1 aliphatic rings. The summed E-state index contributed by atoms with van der Waals surface area (Å²) in [7, 11) is 0. The van der Waals surface area contributed by atoms with Crippen LogP contribution < -0.4 is 11.1 Å². The zero-order valence-corrected chi connectivity index (χ0v) is 13.1. The van der Waals surface area contributed by atoms with Crippen LogP contribution in [0.15, 0.2) is 24.4 Å². The van der Waals surface area contributed by atoms with Gasteiger partial charge in [0.05, 0.1) is 6.10 Å². The van der Waals surface area contributed by atoms with Crippen LogP contribution in [0.3, 0.4) is 0 Å². The number of amides is 1. The fourth-order valence-electron chi connectivity index (χ4n) is 2.83. The number of nitrogens with two attached hydrogens (primary N) is 1. The molecular weight excluding hydrogens is 266 g/mol. The van der Waals surface area contributed by atoms with Crippen molar-refractivity contribution >= 4 is 5.91 Å². The molecule has 0 aromatic carbocycles. The normalized spacial score (nSPS) is 27.0. The van der Waals surface area contributed by atoms with Crippen molar-refractivity contribution in [1.29, 1.82) is 0 Å². The number of nitrogens with one attached hydrogen (secondary N) is 1. The first-order chi connectivity index (χ1) is 9.91. The lowest BCUT2D eigenvalue weighted by Crippen LogP contribution is -2.75. The van der Waals surface area contributed by atoms with Crippen LogP contribution in [0.5, 0.6) is 0 Å². The molecule has 21 heavy (non-hydrogen) atoms. The zero-order valence-electron chi connectivity index (χ0n) is 13.1. The Morgan fingerprint density at radius 2 is 2.29 bits per heavy atom. The number of hydrogen-bond donors (Lipinski definition) is 2. The van der Waals surface area contributed by atoms with Crippen LogP contribution in [0.4, 0.5) is 0 Å². The van der Waals surface area contributed by atoms with E-state index in [2.05, 4.69) is 10.3 Å². The maximum absolute atomic E-state index is 12.4. The summed E-state index contributed by atoms with van der Waals surface area (Å²) in [6.45, 7) is 7.14. The Morgan fingerprint density at radius 3 is 2.86 bits per heavy atom. The van der Waals surface area contributed by atoms with Crippen molar-refractivity contribution in [2.75, 3.05) is 13.2 Å². The van der Waals surface area contributed by atoms with Crippen LogP contribution in [-0.2, 0) is 16.0 Å². The highest BCUT2D eigenvalue weighted by molar-refractivity contribution is 5.88. The van der Waals surface area contributed by atoms with Crippen molar-refractivity contribution < 1.29 is 9.53 Å². The van der Waals surface area contributed by atoms with E-state index in [0.717, 1.165) is 5.69 Å². The highest BCUT2D eigenvalue weighted by Gasteiger charge is 2.62. The van der Waals surface area contributed by atoms with Crippen molar-refractivity contribution in [3.05, 3.63) is 30.1 Å². The second-order valence-corrected chi connectivity index (χ2v) is 6.17. The van der Waals surface area contributed by atoms with Crippen molar-refractivity contribution in [3.8, 4) is 0 Å². The van der Waals surface area contributed by atoms with Crippen LogP contribution in [0, 0.1) is 5.41 Å². The first-order valence-electron chi connectivity index (χ1n) is 7.50. The van der Waals surface area contributed by atoms with Gasteiger partial charge in [0.1, 0.15) is 5.54 Å². The Morgan fingerprint density at radius 1 is 1.52 bits per heavy atom. The van der Waals surface area contributed by atoms with Crippen LogP contribution in [-0.4, -0.2) is 35.7 Å². The van der Waals surface area contributed by atoms with Gasteiger partial charge in [-0.2, -0.15) is 0 Å². The summed E-state index contributed by atoms with van der Waals surface area (Å²) in [6.07, 6.45) is 3.08. The average molecular weight is 291 g/mol. The smallest absolute Gasteiger partial charge is 0.240 e. The Labute approximate surface area is 126 Å². The van der Waals surface area contributed by atoms with Crippen molar-refractivity contribution in [2.45, 2.75) is 45.3 Å². The summed E-state index contributed by atoms with van der Waals surface area (Å²) in [4.78, 5) is 16.6. The van der Waals surface area contributed by atoms with Gasteiger partial charge in [-0.3, -0.25) is 9.78 Å². The zero-order chi connectivity index (χ0) is 15.5. The molecule has 1 heterocycles. The minimum atomic E-state index is -0.850. The van der Waals surface area contributed by atoms with Crippen LogP contribution in [0.2, 0.25) is 0 Å². The number of pyridine rings is 1. The molecule has 0 aliphatic heterocycles. The van der Waals surface area contributed by atoms with Gasteiger partial charge < -0.3 is 15.8 Å². The number of carbonyl (C=O) groups is 1. The van der Waals surface area contributed by atoms with E-state index in [1.54, 1.807) is 6.20 Å². The monoisotopic (exact) mass is 291 g/mol. The Bertz CT molecular complexity index is 490. The summed E-state index contributed by atoms with van der Waals surface area (Å²) in [5, 5.41) is 2.93. The lowest BCUT2D eigenvalue weighted by atomic mass is 9.54. The fraction of sp³-hybridized carbons (Fsp3) is 0.625. The van der Waals surface area contributed by atoms with E-state index in [4.69, 9.17) is 10.5 Å². The second kappa shape index (κ2) is 6.12. The van der Waals surface area contributed by atoms with E-state index in [1.165, 1.54) is 0 Å². The molecule has 1 saturated carbocycles. The van der Waals surface area contributed by atoms with Gasteiger partial charge in [-0.25, -0.2) is 0 Å². The van der Waals surface area contributed by atoms with Crippen molar-refractivity contribution in [1.82, 2.24) is 10.3 Å². The fourth-order valence-corrected chi connectivity index (χ4v) is 2.83. The summed E-state index contributed by atoms with van der Waals surface area (Å²) in [6, 6.07) is 5.76. The van der Waals surface area contributed by atoms with E-state index < -0.39 is 5.54 Å². The molecule has 5 heteroatoms. The minimum Gasteiger partial charge on any atom is -0.378 e. The third kappa shape index (κ3) is 2.94. The average Bonchev–Trinajstić information content (AvgIpc) is 2.47. The van der Waals surface area contributed by atoms with E-state index >= 15 is 0 Å². The molecule has 0 spiro atoms. The summed E-state index contributed by atoms with van der Waals surface area (Å²) in [5.41, 5.74) is 6.08. The van der Waals surface area contributed by atoms with E-state index in [0.29, 0.717) is 26.0 Å². The van der Waals surface area contributed by atoms with Gasteiger partial charge in [0.2, 0.25) is 5.91 Å². The molecule has 1 aromatic rings. The Kier molecular flexibility index (Phi) is 4.64. The highest BCUT2D eigenvalue weighted by atomic mass is 16.5. The summed E-state index contributed by atoms with van der Waals surface area (Å²) in [5.74, 6) is -0.0978. The molecule has 2 atom stereocenters. The van der Waals surface area contributed by atoms with Gasteiger partial charge in [0.15, 0.2) is 0 Å². The van der Waals surface area contributed by atoms with Crippen LogP contribution in [0.1, 0.15) is 32.9 Å². The van der Waals surface area contributed by atoms with Gasteiger partial charge >= 0.3 is 0 Å². The summed E-state index contributed by atoms with van der Waals surface area (Å²) >= 11 is 0. The first kappa shape index (κ1) is 15.9. The first-order valence-corrected chi connectivity index (χ1v) is 7.50. The van der Waals surface area contributed by atoms with Crippen LogP contribution >= 0.6 is 0 Å². The van der Waals surface area contributed by atoms with E-state index in [1.807, 2.05) is 39.0 Å². The third-order valence-corrected chi connectivity index (χ3v) is 4.63. The summed E-state index contributed by atoms with van der Waals surface area (Å²) < 4.78 is 5.64. The minimum absolute atomic E-state index is 0.0500. The maximum Gasteiger partial charge on any atom is 0.240 e. The standard InChI is InChI=1S/C16H25N3O2/c1-4-21-13-11-16(17,15(13,2)3)14(20)19-10-8-12-7-5-6-9-18-12/h5-7,9,13H,4,8,10-11,17H2,1-3H3,(H,19,20).